The van der Waals surface area contributed by atoms with Crippen molar-refractivity contribution in [1.29, 1.82) is 0 Å². The summed E-state index contributed by atoms with van der Waals surface area (Å²) in [5.74, 6) is 0.906. The largest absolute Gasteiger partial charge is 0.343 e. The van der Waals surface area contributed by atoms with Gasteiger partial charge in [0.15, 0.2) is 0 Å². The smallest absolute Gasteiger partial charge is 0.254 e. The van der Waals surface area contributed by atoms with Crippen molar-refractivity contribution in [2.24, 2.45) is 0 Å². The van der Waals surface area contributed by atoms with Crippen LogP contribution in [0.1, 0.15) is 48.3 Å². The minimum atomic E-state index is -0.0818. The summed E-state index contributed by atoms with van der Waals surface area (Å²) in [5.41, 5.74) is 2.46. The number of benzene rings is 1. The van der Waals surface area contributed by atoms with E-state index >= 15 is 0 Å². The third-order valence-corrected chi connectivity index (χ3v) is 5.89. The first-order valence-electron chi connectivity index (χ1n) is 11.0. The molecule has 0 bridgehead atoms. The van der Waals surface area contributed by atoms with Crippen LogP contribution in [-0.2, 0) is 17.9 Å². The van der Waals surface area contributed by atoms with Gasteiger partial charge in [0.05, 0.1) is 17.6 Å². The number of hydrogen-bond acceptors (Lipinski definition) is 4. The Hall–Kier alpha value is -3.22. The van der Waals surface area contributed by atoms with Gasteiger partial charge in [0, 0.05) is 51.1 Å². The molecule has 0 saturated carbocycles. The fourth-order valence-electron chi connectivity index (χ4n) is 4.18. The molecular formula is C24H29N5O2. The average molecular weight is 420 g/mol. The third kappa shape index (κ3) is 4.93. The standard InChI is InChI=1S/C24H29N5O2/c1-27(24(31)19-10-13-25-14-11-19)18-22-26-20-8-4-5-9-21(20)29(22)17-12-23(30)28-15-6-2-3-7-16-28/h4-5,8-11,13-14H,2-3,6-7,12,15-18H2,1H3. The zero-order valence-corrected chi connectivity index (χ0v) is 18.0. The fourth-order valence-corrected chi connectivity index (χ4v) is 4.18. The van der Waals surface area contributed by atoms with Gasteiger partial charge in [0.25, 0.3) is 5.91 Å². The van der Waals surface area contributed by atoms with E-state index in [1.807, 2.05) is 29.2 Å². The van der Waals surface area contributed by atoms with Gasteiger partial charge in [-0.1, -0.05) is 25.0 Å². The molecule has 1 aromatic carbocycles. The first kappa shape index (κ1) is 21.0. The van der Waals surface area contributed by atoms with Crippen molar-refractivity contribution in [2.75, 3.05) is 20.1 Å². The first-order valence-corrected chi connectivity index (χ1v) is 11.0. The molecule has 31 heavy (non-hydrogen) atoms. The molecule has 0 spiro atoms. The Morgan fingerprint density at radius 1 is 1.00 bits per heavy atom. The minimum absolute atomic E-state index is 0.0818. The molecule has 0 unspecified atom stereocenters. The highest BCUT2D eigenvalue weighted by Gasteiger charge is 2.19. The van der Waals surface area contributed by atoms with Crippen molar-refractivity contribution in [3.05, 3.63) is 60.2 Å². The number of amides is 2. The van der Waals surface area contributed by atoms with Crippen molar-refractivity contribution in [3.8, 4) is 0 Å². The lowest BCUT2D eigenvalue weighted by Crippen LogP contribution is -2.32. The molecule has 3 aromatic rings. The van der Waals surface area contributed by atoms with Gasteiger partial charge in [-0.2, -0.15) is 0 Å². The highest BCUT2D eigenvalue weighted by molar-refractivity contribution is 5.93. The van der Waals surface area contributed by atoms with Gasteiger partial charge in [0.1, 0.15) is 5.82 Å². The number of carbonyl (C=O) groups excluding carboxylic acids is 2. The second kappa shape index (κ2) is 9.73. The number of aromatic nitrogens is 3. The molecule has 0 atom stereocenters. The van der Waals surface area contributed by atoms with Crippen molar-refractivity contribution in [2.45, 2.75) is 45.2 Å². The number of imidazole rings is 1. The number of aryl methyl sites for hydroxylation is 1. The maximum Gasteiger partial charge on any atom is 0.254 e. The molecule has 7 heteroatoms. The number of hydrogen-bond donors (Lipinski definition) is 0. The Kier molecular flexibility index (Phi) is 6.60. The Balaban J connectivity index is 1.51. The Morgan fingerprint density at radius 3 is 2.45 bits per heavy atom. The van der Waals surface area contributed by atoms with Crippen LogP contribution in [-0.4, -0.2) is 56.3 Å². The summed E-state index contributed by atoms with van der Waals surface area (Å²) in [6.45, 7) is 2.65. The number of fused-ring (bicyclic) bond motifs is 1. The minimum Gasteiger partial charge on any atom is -0.343 e. The van der Waals surface area contributed by atoms with Gasteiger partial charge in [-0.05, 0) is 37.1 Å². The van der Waals surface area contributed by atoms with Crippen LogP contribution in [0.2, 0.25) is 0 Å². The van der Waals surface area contributed by atoms with E-state index in [0.29, 0.717) is 25.1 Å². The summed E-state index contributed by atoms with van der Waals surface area (Å²) in [6.07, 6.45) is 8.26. The molecule has 0 N–H and O–H groups in total. The molecule has 1 fully saturated rings. The first-order chi connectivity index (χ1) is 15.1. The highest BCUT2D eigenvalue weighted by Crippen LogP contribution is 2.19. The molecule has 2 amide bonds. The summed E-state index contributed by atoms with van der Waals surface area (Å²) in [5, 5.41) is 0. The Morgan fingerprint density at radius 2 is 1.71 bits per heavy atom. The van der Waals surface area contributed by atoms with Crippen LogP contribution < -0.4 is 0 Å². The van der Waals surface area contributed by atoms with E-state index in [4.69, 9.17) is 4.98 Å². The van der Waals surface area contributed by atoms with Crippen molar-refractivity contribution in [1.82, 2.24) is 24.3 Å². The second-order valence-electron chi connectivity index (χ2n) is 8.11. The van der Waals surface area contributed by atoms with Gasteiger partial charge in [-0.25, -0.2) is 4.98 Å². The van der Waals surface area contributed by atoms with Crippen LogP contribution in [0.15, 0.2) is 48.8 Å². The van der Waals surface area contributed by atoms with Crippen molar-refractivity contribution < 1.29 is 9.59 Å². The molecule has 4 rings (SSSR count). The summed E-state index contributed by atoms with van der Waals surface area (Å²) in [4.78, 5) is 38.0. The number of carbonyl (C=O) groups is 2. The zero-order chi connectivity index (χ0) is 21.6. The van der Waals surface area contributed by atoms with Crippen LogP contribution in [0.3, 0.4) is 0 Å². The van der Waals surface area contributed by atoms with E-state index in [1.165, 1.54) is 12.8 Å². The summed E-state index contributed by atoms with van der Waals surface area (Å²) in [7, 11) is 1.77. The van der Waals surface area contributed by atoms with Crippen LogP contribution in [0, 0.1) is 0 Å². The molecule has 3 heterocycles. The van der Waals surface area contributed by atoms with Crippen LogP contribution in [0.5, 0.6) is 0 Å². The SMILES string of the molecule is CN(Cc1nc2ccccc2n1CCC(=O)N1CCCCCC1)C(=O)c1ccncc1. The van der Waals surface area contributed by atoms with E-state index in [1.54, 1.807) is 36.5 Å². The molecule has 1 saturated heterocycles. The molecule has 0 radical (unpaired) electrons. The predicted octanol–water partition coefficient (Wildman–Crippen LogP) is 3.50. The summed E-state index contributed by atoms with van der Waals surface area (Å²) >= 11 is 0. The molecular weight excluding hydrogens is 390 g/mol. The summed E-state index contributed by atoms with van der Waals surface area (Å²) < 4.78 is 2.08. The molecule has 7 nitrogen and oxygen atoms in total. The molecule has 162 valence electrons. The lowest BCUT2D eigenvalue weighted by Gasteiger charge is -2.21. The summed E-state index contributed by atoms with van der Waals surface area (Å²) in [6, 6.07) is 11.3. The number of pyridine rings is 1. The number of para-hydroxylation sites is 2. The van der Waals surface area contributed by atoms with Crippen LogP contribution in [0.25, 0.3) is 11.0 Å². The zero-order valence-electron chi connectivity index (χ0n) is 18.0. The lowest BCUT2D eigenvalue weighted by molar-refractivity contribution is -0.131. The molecule has 2 aromatic heterocycles. The van der Waals surface area contributed by atoms with E-state index < -0.39 is 0 Å². The van der Waals surface area contributed by atoms with Gasteiger partial charge in [-0.3, -0.25) is 14.6 Å². The van der Waals surface area contributed by atoms with Crippen LogP contribution in [0.4, 0.5) is 0 Å². The monoisotopic (exact) mass is 419 g/mol. The number of likely N-dealkylation sites (tertiary alicyclic amines) is 1. The Bertz CT molecular complexity index is 1040. The van der Waals surface area contributed by atoms with E-state index in [9.17, 15) is 9.59 Å². The van der Waals surface area contributed by atoms with Gasteiger partial charge in [-0.15, -0.1) is 0 Å². The van der Waals surface area contributed by atoms with Crippen molar-refractivity contribution >= 4 is 22.8 Å². The van der Waals surface area contributed by atoms with Crippen molar-refractivity contribution in [3.63, 3.8) is 0 Å². The van der Waals surface area contributed by atoms with E-state index in [2.05, 4.69) is 9.55 Å². The lowest BCUT2D eigenvalue weighted by atomic mass is 10.2. The second-order valence-corrected chi connectivity index (χ2v) is 8.11. The van der Waals surface area contributed by atoms with Gasteiger partial charge < -0.3 is 14.4 Å². The quantitative estimate of drug-likeness (QED) is 0.613. The fraction of sp³-hybridized carbons (Fsp3) is 0.417. The number of nitrogens with zero attached hydrogens (tertiary/aromatic N) is 5. The third-order valence-electron chi connectivity index (χ3n) is 5.89. The van der Waals surface area contributed by atoms with Gasteiger partial charge >= 0.3 is 0 Å². The molecule has 1 aliphatic heterocycles. The van der Waals surface area contributed by atoms with E-state index in [-0.39, 0.29) is 11.8 Å². The Labute approximate surface area is 182 Å². The maximum absolute atomic E-state index is 12.8. The van der Waals surface area contributed by atoms with Gasteiger partial charge in [0.2, 0.25) is 5.91 Å². The predicted molar refractivity (Wildman–Crippen MR) is 119 cm³/mol. The molecule has 0 aliphatic carbocycles. The topological polar surface area (TPSA) is 71.3 Å². The number of rotatable bonds is 6. The molecule has 1 aliphatic rings. The highest BCUT2D eigenvalue weighted by atomic mass is 16.2. The normalized spacial score (nSPS) is 14.4. The average Bonchev–Trinajstić information content (AvgIpc) is 2.95. The maximum atomic E-state index is 12.8. The van der Waals surface area contributed by atoms with Crippen LogP contribution >= 0.6 is 0 Å². The van der Waals surface area contributed by atoms with E-state index in [0.717, 1.165) is 42.8 Å².